The summed E-state index contributed by atoms with van der Waals surface area (Å²) in [6.45, 7) is -0.340. The molecule has 0 atom stereocenters. The summed E-state index contributed by atoms with van der Waals surface area (Å²) in [5.41, 5.74) is 3.46. The number of rotatable bonds is 9. The van der Waals surface area contributed by atoms with Crippen LogP contribution in [0.5, 0.6) is 11.5 Å². The highest BCUT2D eigenvalue weighted by molar-refractivity contribution is 14.1. The molecule has 0 aliphatic rings. The fourth-order valence-corrected chi connectivity index (χ4v) is 4.53. The minimum Gasteiger partial charge on any atom is -0.497 e. The van der Waals surface area contributed by atoms with Crippen molar-refractivity contribution in [3.05, 3.63) is 93.6 Å². The minimum atomic E-state index is -0.985. The molecule has 0 aliphatic heterocycles. The number of methoxy groups -OCH3 is 1. The monoisotopic (exact) mass is 532 g/mol. The molecule has 0 amide bonds. The largest absolute Gasteiger partial charge is 0.497 e. The van der Waals surface area contributed by atoms with Gasteiger partial charge in [-0.3, -0.25) is 0 Å². The minimum absolute atomic E-state index is 0.340. The molecule has 0 aliphatic carbocycles. The zero-order chi connectivity index (χ0) is 21.3. The number of hydrogen-bond acceptors (Lipinski definition) is 4. The van der Waals surface area contributed by atoms with Crippen molar-refractivity contribution in [3.8, 4) is 11.5 Å². The molecule has 0 radical (unpaired) electrons. The van der Waals surface area contributed by atoms with Crippen molar-refractivity contribution in [2.75, 3.05) is 19.5 Å². The molecule has 6 heteroatoms. The first-order valence-electron chi connectivity index (χ1n) is 9.24. The highest BCUT2D eigenvalue weighted by Crippen LogP contribution is 2.30. The van der Waals surface area contributed by atoms with Gasteiger partial charge in [-0.1, -0.05) is 48.5 Å². The second-order valence-electron chi connectivity index (χ2n) is 6.30. The normalized spacial score (nSPS) is 11.2. The number of halogens is 1. The molecule has 0 spiro atoms. The number of benzene rings is 3. The van der Waals surface area contributed by atoms with E-state index < -0.39 is 5.97 Å². The number of aliphatic carboxylic acids is 1. The van der Waals surface area contributed by atoms with Crippen molar-refractivity contribution in [2.45, 2.75) is 4.90 Å². The maximum absolute atomic E-state index is 10.7. The van der Waals surface area contributed by atoms with E-state index in [1.807, 2.05) is 48.5 Å². The second-order valence-corrected chi connectivity index (χ2v) is 8.55. The van der Waals surface area contributed by atoms with Gasteiger partial charge in [0.2, 0.25) is 0 Å². The van der Waals surface area contributed by atoms with Gasteiger partial charge in [-0.25, -0.2) is 4.79 Å². The third-order valence-corrected chi connectivity index (χ3v) is 6.04. The van der Waals surface area contributed by atoms with Crippen LogP contribution < -0.4 is 9.47 Å². The predicted molar refractivity (Wildman–Crippen MR) is 130 cm³/mol. The predicted octanol–water partition coefficient (Wildman–Crippen LogP) is 5.99. The van der Waals surface area contributed by atoms with E-state index >= 15 is 0 Å². The second kappa shape index (κ2) is 11.1. The van der Waals surface area contributed by atoms with Crippen LogP contribution in [0.4, 0.5) is 0 Å². The lowest BCUT2D eigenvalue weighted by Crippen LogP contribution is -2.10. The van der Waals surface area contributed by atoms with Gasteiger partial charge in [-0.15, -0.1) is 11.8 Å². The number of carboxylic acids is 1. The highest BCUT2D eigenvalue weighted by Gasteiger charge is 2.07. The van der Waals surface area contributed by atoms with Crippen molar-refractivity contribution in [1.29, 1.82) is 0 Å². The Morgan fingerprint density at radius 1 is 1.03 bits per heavy atom. The van der Waals surface area contributed by atoms with Crippen LogP contribution in [-0.4, -0.2) is 30.5 Å². The molecule has 3 rings (SSSR count). The van der Waals surface area contributed by atoms with E-state index in [9.17, 15) is 4.79 Å². The molecule has 30 heavy (non-hydrogen) atoms. The molecule has 0 saturated heterocycles. The molecular formula is C24H21IO4S. The van der Waals surface area contributed by atoms with E-state index in [1.54, 1.807) is 18.9 Å². The van der Waals surface area contributed by atoms with Crippen LogP contribution in [0.2, 0.25) is 0 Å². The number of ether oxygens (including phenoxy) is 2. The first-order chi connectivity index (χ1) is 14.6. The number of thioether (sulfide) groups is 1. The molecule has 154 valence electrons. The summed E-state index contributed by atoms with van der Waals surface area (Å²) in [6.07, 6.45) is 2.23. The van der Waals surface area contributed by atoms with Crippen molar-refractivity contribution >= 4 is 45.9 Å². The summed E-state index contributed by atoms with van der Waals surface area (Å²) in [5.74, 6) is 1.23. The van der Waals surface area contributed by atoms with Gasteiger partial charge in [-0.05, 0) is 69.6 Å². The van der Waals surface area contributed by atoms with Gasteiger partial charge in [0.25, 0.3) is 0 Å². The Morgan fingerprint density at radius 2 is 1.73 bits per heavy atom. The molecule has 0 saturated carbocycles. The SMILES string of the molecule is COc1ccc(/C(=C\CSc2ccc(OCC(=O)O)c(I)c2)c2ccccc2)cc1. The zero-order valence-corrected chi connectivity index (χ0v) is 19.4. The molecule has 3 aromatic carbocycles. The first-order valence-corrected chi connectivity index (χ1v) is 11.3. The number of hydrogen-bond donors (Lipinski definition) is 1. The third kappa shape index (κ3) is 6.27. The van der Waals surface area contributed by atoms with Crippen LogP contribution in [0.25, 0.3) is 5.57 Å². The van der Waals surface area contributed by atoms with Crippen molar-refractivity contribution in [2.24, 2.45) is 0 Å². The van der Waals surface area contributed by atoms with Crippen molar-refractivity contribution < 1.29 is 19.4 Å². The van der Waals surface area contributed by atoms with Gasteiger partial charge < -0.3 is 14.6 Å². The van der Waals surface area contributed by atoms with Gasteiger partial charge in [0.15, 0.2) is 6.61 Å². The van der Waals surface area contributed by atoms with Gasteiger partial charge in [-0.2, -0.15) is 0 Å². The van der Waals surface area contributed by atoms with E-state index in [2.05, 4.69) is 52.9 Å². The van der Waals surface area contributed by atoms with E-state index in [-0.39, 0.29) is 6.61 Å². The molecule has 0 fully saturated rings. The summed E-state index contributed by atoms with van der Waals surface area (Å²) in [5, 5.41) is 8.76. The Morgan fingerprint density at radius 3 is 2.37 bits per heavy atom. The Hall–Kier alpha value is -2.45. The van der Waals surface area contributed by atoms with Crippen molar-refractivity contribution in [1.82, 2.24) is 0 Å². The Kier molecular flexibility index (Phi) is 8.21. The summed E-state index contributed by atoms with van der Waals surface area (Å²) in [6, 6.07) is 24.2. The Balaban J connectivity index is 1.76. The standard InChI is InChI=1S/C24H21IO4S/c1-28-19-9-7-18(8-10-19)21(17-5-3-2-4-6-17)13-14-30-20-11-12-23(22(25)15-20)29-16-24(26)27/h2-13,15H,14,16H2,1H3,(H,26,27)/b21-13-. The number of carboxylic acid groups (broad SMARTS) is 1. The quantitative estimate of drug-likeness (QED) is 0.271. The molecule has 4 nitrogen and oxygen atoms in total. The molecule has 0 aromatic heterocycles. The topological polar surface area (TPSA) is 55.8 Å². The van der Waals surface area contributed by atoms with E-state index in [1.165, 1.54) is 5.57 Å². The van der Waals surface area contributed by atoms with Crippen LogP contribution in [0.3, 0.4) is 0 Å². The summed E-state index contributed by atoms with van der Waals surface area (Å²) in [4.78, 5) is 11.8. The van der Waals surface area contributed by atoms with Crippen LogP contribution in [0, 0.1) is 3.57 Å². The molecule has 0 unspecified atom stereocenters. The molecule has 1 N–H and O–H groups in total. The molecule has 3 aromatic rings. The van der Waals surface area contributed by atoms with Crippen LogP contribution in [-0.2, 0) is 4.79 Å². The van der Waals surface area contributed by atoms with Gasteiger partial charge in [0, 0.05) is 10.6 Å². The highest BCUT2D eigenvalue weighted by atomic mass is 127. The summed E-state index contributed by atoms with van der Waals surface area (Å²) < 4.78 is 11.5. The van der Waals surface area contributed by atoms with E-state index in [0.29, 0.717) is 5.75 Å². The summed E-state index contributed by atoms with van der Waals surface area (Å²) in [7, 11) is 1.67. The van der Waals surface area contributed by atoms with Gasteiger partial charge in [0.1, 0.15) is 11.5 Å². The van der Waals surface area contributed by atoms with Gasteiger partial charge >= 0.3 is 5.97 Å². The van der Waals surface area contributed by atoms with Crippen molar-refractivity contribution in [3.63, 3.8) is 0 Å². The summed E-state index contributed by atoms with van der Waals surface area (Å²) >= 11 is 3.88. The van der Waals surface area contributed by atoms with Crippen LogP contribution >= 0.6 is 34.4 Å². The van der Waals surface area contributed by atoms with Crippen LogP contribution in [0.15, 0.2) is 83.8 Å². The lowest BCUT2D eigenvalue weighted by atomic mass is 9.98. The van der Waals surface area contributed by atoms with Gasteiger partial charge in [0.05, 0.1) is 10.7 Å². The molecule has 0 heterocycles. The Bertz CT molecular complexity index is 1020. The maximum atomic E-state index is 10.7. The first kappa shape index (κ1) is 22.2. The Labute approximate surface area is 194 Å². The van der Waals surface area contributed by atoms with E-state index in [0.717, 1.165) is 31.1 Å². The molecule has 0 bridgehead atoms. The molecular weight excluding hydrogens is 511 g/mol. The maximum Gasteiger partial charge on any atom is 0.341 e. The lowest BCUT2D eigenvalue weighted by molar-refractivity contribution is -0.139. The average Bonchev–Trinajstić information content (AvgIpc) is 2.77. The number of carbonyl (C=O) groups is 1. The fraction of sp³-hybridized carbons (Fsp3) is 0.125. The lowest BCUT2D eigenvalue weighted by Gasteiger charge is -2.10. The average molecular weight is 532 g/mol. The van der Waals surface area contributed by atoms with E-state index in [4.69, 9.17) is 14.6 Å². The fourth-order valence-electron chi connectivity index (χ4n) is 2.84. The third-order valence-electron chi connectivity index (χ3n) is 4.28. The smallest absolute Gasteiger partial charge is 0.341 e. The van der Waals surface area contributed by atoms with Crippen LogP contribution in [0.1, 0.15) is 11.1 Å². The zero-order valence-electron chi connectivity index (χ0n) is 16.4.